The number of carbonyl (C=O) groups is 2. The zero-order valence-electron chi connectivity index (χ0n) is 16.8. The van der Waals surface area contributed by atoms with Crippen molar-refractivity contribution in [2.75, 3.05) is 5.32 Å². The van der Waals surface area contributed by atoms with Crippen molar-refractivity contribution in [3.05, 3.63) is 76.2 Å². The van der Waals surface area contributed by atoms with Gasteiger partial charge in [0.1, 0.15) is 11.4 Å². The molecule has 29 heavy (non-hydrogen) atoms. The number of carbonyl (C=O) groups excluding carboxylic acids is 2. The molecule has 7 heteroatoms. The van der Waals surface area contributed by atoms with Crippen LogP contribution in [0.4, 0.5) is 5.69 Å². The molecule has 0 bridgehead atoms. The van der Waals surface area contributed by atoms with Gasteiger partial charge < -0.3 is 10.1 Å². The SMILES string of the molecule is CC(=O)c1cccc(OC(C)C(=O)Nc2c(C)n(C)n(-c3ccccc3)c2=O)c1. The van der Waals surface area contributed by atoms with Crippen LogP contribution in [0.3, 0.4) is 0 Å². The third-order valence-corrected chi connectivity index (χ3v) is 4.73. The highest BCUT2D eigenvalue weighted by Gasteiger charge is 2.22. The van der Waals surface area contributed by atoms with E-state index in [1.54, 1.807) is 49.8 Å². The van der Waals surface area contributed by atoms with Gasteiger partial charge in [-0.1, -0.05) is 30.3 Å². The molecule has 0 saturated carbocycles. The molecule has 0 aliphatic carbocycles. The van der Waals surface area contributed by atoms with Crippen LogP contribution < -0.4 is 15.6 Å². The maximum Gasteiger partial charge on any atom is 0.295 e. The molecule has 1 unspecified atom stereocenters. The minimum Gasteiger partial charge on any atom is -0.481 e. The first-order chi connectivity index (χ1) is 13.8. The van der Waals surface area contributed by atoms with Crippen molar-refractivity contribution in [1.29, 1.82) is 0 Å². The van der Waals surface area contributed by atoms with Crippen LogP contribution in [0.5, 0.6) is 5.75 Å². The first-order valence-electron chi connectivity index (χ1n) is 9.22. The molecule has 0 aliphatic heterocycles. The van der Waals surface area contributed by atoms with Crippen LogP contribution in [0.25, 0.3) is 5.69 Å². The number of ketones is 1. The van der Waals surface area contributed by atoms with E-state index < -0.39 is 12.0 Å². The number of hydrogen-bond donors (Lipinski definition) is 1. The number of benzene rings is 2. The van der Waals surface area contributed by atoms with E-state index in [0.717, 1.165) is 0 Å². The highest BCUT2D eigenvalue weighted by Crippen LogP contribution is 2.17. The van der Waals surface area contributed by atoms with Crippen molar-refractivity contribution < 1.29 is 14.3 Å². The van der Waals surface area contributed by atoms with Crippen molar-refractivity contribution in [2.45, 2.75) is 26.9 Å². The second kappa shape index (κ2) is 8.18. The first-order valence-corrected chi connectivity index (χ1v) is 9.22. The van der Waals surface area contributed by atoms with E-state index in [1.165, 1.54) is 11.6 Å². The van der Waals surface area contributed by atoms with Gasteiger partial charge in [0.15, 0.2) is 11.9 Å². The summed E-state index contributed by atoms with van der Waals surface area (Å²) in [5, 5.41) is 2.68. The predicted molar refractivity (Wildman–Crippen MR) is 111 cm³/mol. The number of rotatable bonds is 6. The summed E-state index contributed by atoms with van der Waals surface area (Å²) < 4.78 is 8.84. The highest BCUT2D eigenvalue weighted by molar-refractivity contribution is 5.95. The fourth-order valence-corrected chi connectivity index (χ4v) is 2.98. The molecule has 0 radical (unpaired) electrons. The second-order valence-corrected chi connectivity index (χ2v) is 6.77. The van der Waals surface area contributed by atoms with Crippen molar-refractivity contribution >= 4 is 17.4 Å². The van der Waals surface area contributed by atoms with Gasteiger partial charge >= 0.3 is 0 Å². The number of ether oxygens (including phenoxy) is 1. The summed E-state index contributed by atoms with van der Waals surface area (Å²) in [6.07, 6.45) is -0.860. The minimum absolute atomic E-state index is 0.0890. The van der Waals surface area contributed by atoms with Crippen molar-refractivity contribution in [2.24, 2.45) is 7.05 Å². The van der Waals surface area contributed by atoms with E-state index in [1.807, 2.05) is 30.3 Å². The van der Waals surface area contributed by atoms with Gasteiger partial charge in [-0.15, -0.1) is 0 Å². The van der Waals surface area contributed by atoms with Crippen LogP contribution in [-0.4, -0.2) is 27.2 Å². The fourth-order valence-electron chi connectivity index (χ4n) is 2.98. The Morgan fingerprint density at radius 2 is 1.76 bits per heavy atom. The summed E-state index contributed by atoms with van der Waals surface area (Å²) in [5.41, 5.74) is 1.70. The van der Waals surface area contributed by atoms with E-state index >= 15 is 0 Å². The molecule has 1 atom stereocenters. The quantitative estimate of drug-likeness (QED) is 0.653. The number of hydrogen-bond acceptors (Lipinski definition) is 4. The lowest BCUT2D eigenvalue weighted by molar-refractivity contribution is -0.122. The average Bonchev–Trinajstić information content (AvgIpc) is 2.92. The maximum absolute atomic E-state index is 12.9. The summed E-state index contributed by atoms with van der Waals surface area (Å²) in [6.45, 7) is 4.81. The fraction of sp³-hybridized carbons (Fsp3) is 0.227. The van der Waals surface area contributed by atoms with Crippen molar-refractivity contribution in [3.8, 4) is 11.4 Å². The number of nitrogens with one attached hydrogen (secondary N) is 1. The van der Waals surface area contributed by atoms with E-state index in [4.69, 9.17) is 4.74 Å². The van der Waals surface area contributed by atoms with E-state index in [0.29, 0.717) is 22.7 Å². The summed E-state index contributed by atoms with van der Waals surface area (Å²) in [5.74, 6) is -0.134. The van der Waals surface area contributed by atoms with Crippen LogP contribution >= 0.6 is 0 Å². The van der Waals surface area contributed by atoms with Crippen LogP contribution in [-0.2, 0) is 11.8 Å². The summed E-state index contributed by atoms with van der Waals surface area (Å²) in [7, 11) is 1.76. The molecule has 2 aromatic carbocycles. The number of para-hydroxylation sites is 1. The topological polar surface area (TPSA) is 82.3 Å². The van der Waals surface area contributed by atoms with Crippen LogP contribution in [0, 0.1) is 6.92 Å². The molecule has 0 fully saturated rings. The largest absolute Gasteiger partial charge is 0.481 e. The molecule has 7 nitrogen and oxygen atoms in total. The number of nitrogens with zero attached hydrogens (tertiary/aromatic N) is 2. The molecule has 0 spiro atoms. The Balaban J connectivity index is 1.81. The molecule has 1 aromatic heterocycles. The van der Waals surface area contributed by atoms with E-state index in [2.05, 4.69) is 5.32 Å². The van der Waals surface area contributed by atoms with Gasteiger partial charge in [0.25, 0.3) is 11.5 Å². The second-order valence-electron chi connectivity index (χ2n) is 6.77. The third-order valence-electron chi connectivity index (χ3n) is 4.73. The monoisotopic (exact) mass is 393 g/mol. The van der Waals surface area contributed by atoms with Gasteiger partial charge in [-0.2, -0.15) is 0 Å². The van der Waals surface area contributed by atoms with E-state index in [9.17, 15) is 14.4 Å². The molecule has 150 valence electrons. The number of anilines is 1. The van der Waals surface area contributed by atoms with Gasteiger partial charge in [0, 0.05) is 12.6 Å². The Kier molecular flexibility index (Phi) is 5.68. The van der Waals surface area contributed by atoms with Crippen LogP contribution in [0.15, 0.2) is 59.4 Å². The zero-order valence-corrected chi connectivity index (χ0v) is 16.8. The third kappa shape index (κ3) is 4.13. The van der Waals surface area contributed by atoms with Gasteiger partial charge in [-0.3, -0.25) is 19.1 Å². The van der Waals surface area contributed by atoms with Crippen molar-refractivity contribution in [1.82, 2.24) is 9.36 Å². The average molecular weight is 393 g/mol. The van der Waals surface area contributed by atoms with Crippen molar-refractivity contribution in [3.63, 3.8) is 0 Å². The lowest BCUT2D eigenvalue weighted by atomic mass is 10.1. The molecule has 0 saturated heterocycles. The van der Waals surface area contributed by atoms with E-state index in [-0.39, 0.29) is 17.0 Å². The van der Waals surface area contributed by atoms with Gasteiger partial charge in [-0.05, 0) is 45.0 Å². The van der Waals surface area contributed by atoms with Gasteiger partial charge in [0.2, 0.25) is 0 Å². The Hall–Kier alpha value is -3.61. The zero-order chi connectivity index (χ0) is 21.1. The molecule has 1 amide bonds. The van der Waals surface area contributed by atoms with Gasteiger partial charge in [-0.25, -0.2) is 4.68 Å². The predicted octanol–water partition coefficient (Wildman–Crippen LogP) is 3.09. The lowest BCUT2D eigenvalue weighted by Gasteiger charge is -2.14. The van der Waals surface area contributed by atoms with Crippen LogP contribution in [0.2, 0.25) is 0 Å². The summed E-state index contributed by atoms with van der Waals surface area (Å²) in [6, 6.07) is 15.8. The molecule has 3 rings (SSSR count). The molecule has 1 N–H and O–H groups in total. The maximum atomic E-state index is 12.9. The Morgan fingerprint density at radius 3 is 2.41 bits per heavy atom. The molecule has 3 aromatic rings. The van der Waals surface area contributed by atoms with Gasteiger partial charge in [0.05, 0.1) is 11.4 Å². The Labute approximate surface area is 168 Å². The molecule has 1 heterocycles. The smallest absolute Gasteiger partial charge is 0.295 e. The highest BCUT2D eigenvalue weighted by atomic mass is 16.5. The molecular weight excluding hydrogens is 370 g/mol. The minimum atomic E-state index is -0.860. The normalized spacial score (nSPS) is 11.7. The number of Topliss-reactive ketones (excluding diaryl/α,β-unsaturated/α-hetero) is 1. The Bertz CT molecular complexity index is 1110. The first kappa shape index (κ1) is 20.1. The number of amides is 1. The summed E-state index contributed by atoms with van der Waals surface area (Å²) >= 11 is 0. The summed E-state index contributed by atoms with van der Waals surface area (Å²) in [4.78, 5) is 37.0. The Morgan fingerprint density at radius 1 is 1.07 bits per heavy atom. The lowest BCUT2D eigenvalue weighted by Crippen LogP contribution is -2.32. The molecule has 0 aliphatic rings. The molecular formula is C22H23N3O4. The number of aromatic nitrogens is 2. The van der Waals surface area contributed by atoms with Crippen LogP contribution in [0.1, 0.15) is 29.9 Å². The standard InChI is InChI=1S/C22H23N3O4/c1-14-20(22(28)25(24(14)4)18-10-6-5-7-11-18)23-21(27)16(3)29-19-12-8-9-17(13-19)15(2)26/h5-13,16H,1-4H3,(H,23,27).